The third-order valence-corrected chi connectivity index (χ3v) is 4.16. The first kappa shape index (κ1) is 12.9. The van der Waals surface area contributed by atoms with E-state index in [0.717, 1.165) is 22.5 Å². The molecule has 4 heteroatoms. The van der Waals surface area contributed by atoms with Crippen molar-refractivity contribution in [2.45, 2.75) is 45.1 Å². The Labute approximate surface area is 115 Å². The largest absolute Gasteiger partial charge is 0.477 e. The monoisotopic (exact) mass is 347 g/mol. The van der Waals surface area contributed by atoms with Gasteiger partial charge in [0.25, 0.3) is 0 Å². The number of rotatable bonds is 5. The molecule has 1 fully saturated rings. The second-order valence-corrected chi connectivity index (χ2v) is 6.08. The molecule has 0 saturated heterocycles. The lowest BCUT2D eigenvalue weighted by Crippen LogP contribution is -2.08. The minimum Gasteiger partial charge on any atom is -0.477 e. The maximum absolute atomic E-state index is 11.0. The summed E-state index contributed by atoms with van der Waals surface area (Å²) in [4.78, 5) is 11.0. The lowest BCUT2D eigenvalue weighted by molar-refractivity contribution is 0.0685. The Hall–Kier alpha value is -0.520. The van der Waals surface area contributed by atoms with Crippen molar-refractivity contribution in [2.75, 3.05) is 0 Å². The third kappa shape index (κ3) is 3.47. The van der Waals surface area contributed by atoms with Crippen LogP contribution in [0.1, 0.15) is 49.0 Å². The topological polar surface area (TPSA) is 42.2 Å². The Morgan fingerprint density at radius 1 is 1.47 bits per heavy atom. The molecule has 0 unspecified atom stereocenters. The Kier molecular flexibility index (Phi) is 4.48. The van der Waals surface area contributed by atoms with Crippen LogP contribution in [0.4, 0.5) is 0 Å². The summed E-state index contributed by atoms with van der Waals surface area (Å²) in [5.41, 5.74) is 0.417. The van der Waals surface area contributed by atoms with Crippen molar-refractivity contribution < 1.29 is 9.90 Å². The van der Waals surface area contributed by atoms with Crippen LogP contribution < -0.4 is 0 Å². The van der Waals surface area contributed by atoms with Crippen molar-refractivity contribution in [3.8, 4) is 0 Å². The summed E-state index contributed by atoms with van der Waals surface area (Å²) in [7, 11) is 0. The molecule has 3 nitrogen and oxygen atoms in total. The highest BCUT2D eigenvalue weighted by Crippen LogP contribution is 2.28. The molecule has 17 heavy (non-hydrogen) atoms. The van der Waals surface area contributed by atoms with Crippen molar-refractivity contribution in [1.29, 1.82) is 0 Å². The van der Waals surface area contributed by atoms with E-state index >= 15 is 0 Å². The highest BCUT2D eigenvalue weighted by Gasteiger charge is 2.15. The molecule has 1 aliphatic rings. The van der Waals surface area contributed by atoms with Gasteiger partial charge in [-0.1, -0.05) is 25.7 Å². The molecule has 0 aliphatic heterocycles. The molecule has 94 valence electrons. The molecule has 1 saturated carbocycles. The minimum absolute atomic E-state index is 0.417. The number of hydrogen-bond acceptors (Lipinski definition) is 1. The normalized spacial score (nSPS) is 16.5. The lowest BCUT2D eigenvalue weighted by Gasteiger charge is -2.10. The first-order chi connectivity index (χ1) is 8.16. The van der Waals surface area contributed by atoms with E-state index in [0.29, 0.717) is 5.69 Å². The zero-order valence-corrected chi connectivity index (χ0v) is 12.0. The number of halogens is 1. The summed E-state index contributed by atoms with van der Waals surface area (Å²) >= 11 is 2.17. The van der Waals surface area contributed by atoms with E-state index in [1.54, 1.807) is 6.07 Å². The summed E-state index contributed by atoms with van der Waals surface area (Å²) in [6.45, 7) is 0.834. The van der Waals surface area contributed by atoms with Gasteiger partial charge in [-0.05, 0) is 47.4 Å². The number of aromatic nitrogens is 1. The van der Waals surface area contributed by atoms with Gasteiger partial charge in [0.1, 0.15) is 5.69 Å². The summed E-state index contributed by atoms with van der Waals surface area (Å²) in [5.74, 6) is 0.0618. The Bertz CT molecular complexity index is 394. The maximum atomic E-state index is 11.0. The smallest absolute Gasteiger partial charge is 0.352 e. The summed E-state index contributed by atoms with van der Waals surface area (Å²) in [6.07, 6.45) is 9.77. The first-order valence-electron chi connectivity index (χ1n) is 6.26. The number of carbonyl (C=O) groups is 1. The summed E-state index contributed by atoms with van der Waals surface area (Å²) in [6, 6.07) is 1.73. The van der Waals surface area contributed by atoms with Gasteiger partial charge in [0.15, 0.2) is 0 Å². The van der Waals surface area contributed by atoms with E-state index in [4.69, 9.17) is 5.11 Å². The molecule has 0 atom stereocenters. The van der Waals surface area contributed by atoms with Gasteiger partial charge >= 0.3 is 5.97 Å². The fourth-order valence-electron chi connectivity index (χ4n) is 2.69. The minimum atomic E-state index is -0.825. The molecule has 0 aromatic carbocycles. The number of nitrogens with zero attached hydrogens (tertiary/aromatic N) is 1. The van der Waals surface area contributed by atoms with Crippen LogP contribution in [0.25, 0.3) is 0 Å². The highest BCUT2D eigenvalue weighted by atomic mass is 127. The number of carboxylic acid groups (broad SMARTS) is 1. The van der Waals surface area contributed by atoms with Gasteiger partial charge in [-0.2, -0.15) is 0 Å². The van der Waals surface area contributed by atoms with Crippen LogP contribution in [0.15, 0.2) is 12.3 Å². The van der Waals surface area contributed by atoms with Crippen LogP contribution in [0.3, 0.4) is 0 Å². The predicted octanol–water partition coefficient (Wildman–Crippen LogP) is 3.76. The Balaban J connectivity index is 1.87. The molecular formula is C13H18INO2. The van der Waals surface area contributed by atoms with E-state index in [1.807, 2.05) is 10.8 Å². The van der Waals surface area contributed by atoms with E-state index in [9.17, 15) is 4.79 Å². The van der Waals surface area contributed by atoms with E-state index in [1.165, 1.54) is 32.1 Å². The molecule has 1 aromatic heterocycles. The fraction of sp³-hybridized carbons (Fsp3) is 0.615. The molecular weight excluding hydrogens is 329 g/mol. The van der Waals surface area contributed by atoms with Crippen LogP contribution in [0, 0.1) is 9.49 Å². The van der Waals surface area contributed by atoms with Crippen LogP contribution in [-0.2, 0) is 6.54 Å². The summed E-state index contributed by atoms with van der Waals surface area (Å²) < 4.78 is 2.87. The van der Waals surface area contributed by atoms with Gasteiger partial charge in [-0.15, -0.1) is 0 Å². The molecule has 1 N–H and O–H groups in total. The van der Waals surface area contributed by atoms with Gasteiger partial charge in [0, 0.05) is 16.3 Å². The quantitative estimate of drug-likeness (QED) is 0.824. The van der Waals surface area contributed by atoms with Crippen LogP contribution in [-0.4, -0.2) is 15.6 Å². The zero-order chi connectivity index (χ0) is 12.3. The maximum Gasteiger partial charge on any atom is 0.352 e. The van der Waals surface area contributed by atoms with Gasteiger partial charge in [0.05, 0.1) is 0 Å². The molecule has 0 amide bonds. The lowest BCUT2D eigenvalue weighted by atomic mass is 10.0. The molecule has 0 bridgehead atoms. The van der Waals surface area contributed by atoms with Crippen molar-refractivity contribution in [3.63, 3.8) is 0 Å². The standard InChI is InChI=1S/C13H18INO2/c14-11-8-12(13(16)17)15(9-11)7-3-6-10-4-1-2-5-10/h8-10H,1-7H2,(H,16,17). The third-order valence-electron chi connectivity index (χ3n) is 3.57. The number of hydrogen-bond donors (Lipinski definition) is 1. The van der Waals surface area contributed by atoms with Gasteiger partial charge in [0.2, 0.25) is 0 Å². The Morgan fingerprint density at radius 2 is 2.18 bits per heavy atom. The molecule has 1 heterocycles. The Morgan fingerprint density at radius 3 is 2.82 bits per heavy atom. The van der Waals surface area contributed by atoms with Crippen molar-refractivity contribution in [1.82, 2.24) is 4.57 Å². The van der Waals surface area contributed by atoms with E-state index < -0.39 is 5.97 Å². The SMILES string of the molecule is O=C(O)c1cc(I)cn1CCCC1CCCC1. The van der Waals surface area contributed by atoms with Crippen LogP contribution >= 0.6 is 22.6 Å². The highest BCUT2D eigenvalue weighted by molar-refractivity contribution is 14.1. The van der Waals surface area contributed by atoms with Crippen molar-refractivity contribution in [2.24, 2.45) is 5.92 Å². The predicted molar refractivity (Wildman–Crippen MR) is 75.3 cm³/mol. The first-order valence-corrected chi connectivity index (χ1v) is 7.33. The zero-order valence-electron chi connectivity index (χ0n) is 9.86. The number of aryl methyl sites for hydroxylation is 1. The van der Waals surface area contributed by atoms with Gasteiger partial charge < -0.3 is 9.67 Å². The average Bonchev–Trinajstić information content (AvgIpc) is 2.88. The number of carboxylic acids is 1. The molecule has 2 rings (SSSR count). The van der Waals surface area contributed by atoms with Crippen molar-refractivity contribution in [3.05, 3.63) is 21.5 Å². The molecule has 0 spiro atoms. The van der Waals surface area contributed by atoms with E-state index in [2.05, 4.69) is 22.6 Å². The van der Waals surface area contributed by atoms with E-state index in [-0.39, 0.29) is 0 Å². The van der Waals surface area contributed by atoms with Gasteiger partial charge in [-0.3, -0.25) is 0 Å². The van der Waals surface area contributed by atoms with Crippen LogP contribution in [0.2, 0.25) is 0 Å². The molecule has 0 radical (unpaired) electrons. The summed E-state index contributed by atoms with van der Waals surface area (Å²) in [5, 5.41) is 9.07. The van der Waals surface area contributed by atoms with Gasteiger partial charge in [-0.25, -0.2) is 4.79 Å². The molecule has 1 aliphatic carbocycles. The average molecular weight is 347 g/mol. The second-order valence-electron chi connectivity index (χ2n) is 4.83. The van der Waals surface area contributed by atoms with Crippen molar-refractivity contribution >= 4 is 28.6 Å². The van der Waals surface area contributed by atoms with Crippen LogP contribution in [0.5, 0.6) is 0 Å². The number of aromatic carboxylic acids is 1. The second kappa shape index (κ2) is 5.89. The fourth-order valence-corrected chi connectivity index (χ4v) is 3.32. The molecule has 1 aromatic rings.